The molecule has 0 spiro atoms. The summed E-state index contributed by atoms with van der Waals surface area (Å²) < 4.78 is 5.17. The predicted octanol–water partition coefficient (Wildman–Crippen LogP) is 2.83. The van der Waals surface area contributed by atoms with Gasteiger partial charge in [-0.25, -0.2) is 0 Å². The Morgan fingerprint density at radius 2 is 2.05 bits per heavy atom. The molecule has 4 heteroatoms. The molecule has 0 aliphatic heterocycles. The maximum Gasteiger partial charge on any atom is 0.253 e. The monoisotopic (exact) mass is 278 g/mol. The summed E-state index contributed by atoms with van der Waals surface area (Å²) in [6.45, 7) is 9.49. The summed E-state index contributed by atoms with van der Waals surface area (Å²) in [5.41, 5.74) is 2.69. The van der Waals surface area contributed by atoms with Gasteiger partial charge < -0.3 is 15.4 Å². The van der Waals surface area contributed by atoms with Gasteiger partial charge in [0.15, 0.2) is 0 Å². The van der Waals surface area contributed by atoms with E-state index in [1.165, 1.54) is 0 Å². The minimum Gasteiger partial charge on any atom is -0.385 e. The molecule has 112 valence electrons. The Morgan fingerprint density at radius 1 is 1.35 bits per heavy atom. The smallest absolute Gasteiger partial charge is 0.253 e. The van der Waals surface area contributed by atoms with Crippen LogP contribution in [0, 0.1) is 12.8 Å². The van der Waals surface area contributed by atoms with Crippen LogP contribution in [0.2, 0.25) is 0 Å². The molecule has 1 unspecified atom stereocenters. The molecule has 0 heterocycles. The van der Waals surface area contributed by atoms with Crippen molar-refractivity contribution in [3.8, 4) is 0 Å². The van der Waals surface area contributed by atoms with Crippen LogP contribution in [0.1, 0.15) is 36.7 Å². The largest absolute Gasteiger partial charge is 0.385 e. The van der Waals surface area contributed by atoms with Crippen LogP contribution in [0.5, 0.6) is 0 Å². The average molecular weight is 278 g/mol. The maximum absolute atomic E-state index is 12.4. The zero-order valence-electron chi connectivity index (χ0n) is 13.1. The Bertz CT molecular complexity index is 444. The SMILES string of the molecule is CCNc1cc(C)ccc1C(=O)NC(COC)C(C)C. The van der Waals surface area contributed by atoms with E-state index in [9.17, 15) is 4.79 Å². The lowest BCUT2D eigenvalue weighted by molar-refractivity contribution is 0.0867. The van der Waals surface area contributed by atoms with Gasteiger partial charge in [-0.05, 0) is 37.5 Å². The number of anilines is 1. The summed E-state index contributed by atoms with van der Waals surface area (Å²) in [7, 11) is 1.65. The predicted molar refractivity (Wildman–Crippen MR) is 83.3 cm³/mol. The van der Waals surface area contributed by atoms with Gasteiger partial charge in [-0.3, -0.25) is 4.79 Å². The van der Waals surface area contributed by atoms with E-state index in [4.69, 9.17) is 4.74 Å². The van der Waals surface area contributed by atoms with Gasteiger partial charge in [0.05, 0.1) is 18.2 Å². The molecule has 1 aromatic rings. The highest BCUT2D eigenvalue weighted by Gasteiger charge is 2.18. The Kier molecular flexibility index (Phi) is 6.52. The lowest BCUT2D eigenvalue weighted by Crippen LogP contribution is -2.41. The molecular formula is C16H26N2O2. The molecule has 1 atom stereocenters. The van der Waals surface area contributed by atoms with Crippen molar-refractivity contribution in [3.63, 3.8) is 0 Å². The molecule has 0 aromatic heterocycles. The van der Waals surface area contributed by atoms with Gasteiger partial charge in [-0.2, -0.15) is 0 Å². The number of rotatable bonds is 7. The van der Waals surface area contributed by atoms with E-state index in [-0.39, 0.29) is 11.9 Å². The Morgan fingerprint density at radius 3 is 2.60 bits per heavy atom. The van der Waals surface area contributed by atoms with Crippen molar-refractivity contribution in [3.05, 3.63) is 29.3 Å². The highest BCUT2D eigenvalue weighted by atomic mass is 16.5. The number of aryl methyl sites for hydroxylation is 1. The number of carbonyl (C=O) groups is 1. The second-order valence-electron chi connectivity index (χ2n) is 5.36. The summed E-state index contributed by atoms with van der Waals surface area (Å²) >= 11 is 0. The number of amides is 1. The summed E-state index contributed by atoms with van der Waals surface area (Å²) in [6.07, 6.45) is 0. The first kappa shape index (κ1) is 16.5. The molecular weight excluding hydrogens is 252 g/mol. The molecule has 0 saturated carbocycles. The van der Waals surface area contributed by atoms with Crippen LogP contribution in [0.15, 0.2) is 18.2 Å². The van der Waals surface area contributed by atoms with Gasteiger partial charge in [-0.15, -0.1) is 0 Å². The zero-order chi connectivity index (χ0) is 15.1. The highest BCUT2D eigenvalue weighted by molar-refractivity contribution is 5.99. The molecule has 0 aliphatic rings. The standard InChI is InChI=1S/C16H26N2O2/c1-6-17-14-9-12(4)7-8-13(14)16(19)18-15(10-20-5)11(2)3/h7-9,11,15,17H,6,10H2,1-5H3,(H,18,19). The van der Waals surface area contributed by atoms with E-state index in [0.29, 0.717) is 18.1 Å². The zero-order valence-corrected chi connectivity index (χ0v) is 13.1. The molecule has 0 aliphatic carbocycles. The van der Waals surface area contributed by atoms with Crippen LogP contribution in [0.25, 0.3) is 0 Å². The van der Waals surface area contributed by atoms with Crippen LogP contribution in [0.3, 0.4) is 0 Å². The van der Waals surface area contributed by atoms with Crippen molar-refractivity contribution in [1.29, 1.82) is 0 Å². The molecule has 0 fully saturated rings. The Labute approximate surface area is 121 Å². The van der Waals surface area contributed by atoms with Crippen molar-refractivity contribution in [2.75, 3.05) is 25.6 Å². The van der Waals surface area contributed by atoms with Gasteiger partial charge in [0.2, 0.25) is 0 Å². The molecule has 1 rings (SSSR count). The van der Waals surface area contributed by atoms with Crippen molar-refractivity contribution in [1.82, 2.24) is 5.32 Å². The summed E-state index contributed by atoms with van der Waals surface area (Å²) in [5.74, 6) is 0.267. The van der Waals surface area contributed by atoms with Crippen LogP contribution in [0.4, 0.5) is 5.69 Å². The molecule has 1 amide bonds. The van der Waals surface area contributed by atoms with Gasteiger partial charge in [-0.1, -0.05) is 19.9 Å². The first-order valence-corrected chi connectivity index (χ1v) is 7.13. The molecule has 1 aromatic carbocycles. The van der Waals surface area contributed by atoms with Crippen LogP contribution in [-0.4, -0.2) is 32.2 Å². The lowest BCUT2D eigenvalue weighted by Gasteiger charge is -2.22. The number of hydrogen-bond donors (Lipinski definition) is 2. The number of carbonyl (C=O) groups excluding carboxylic acids is 1. The third kappa shape index (κ3) is 4.53. The van der Waals surface area contributed by atoms with Crippen molar-refractivity contribution < 1.29 is 9.53 Å². The number of ether oxygens (including phenoxy) is 1. The minimum atomic E-state index is -0.0586. The van der Waals surface area contributed by atoms with E-state index < -0.39 is 0 Å². The minimum absolute atomic E-state index is 0.0169. The van der Waals surface area contributed by atoms with E-state index in [1.807, 2.05) is 32.0 Å². The highest BCUT2D eigenvalue weighted by Crippen LogP contribution is 2.18. The second-order valence-corrected chi connectivity index (χ2v) is 5.36. The quantitative estimate of drug-likeness (QED) is 0.806. The van der Waals surface area contributed by atoms with Gasteiger partial charge in [0.1, 0.15) is 0 Å². The first-order valence-electron chi connectivity index (χ1n) is 7.13. The summed E-state index contributed by atoms with van der Waals surface area (Å²) in [5, 5.41) is 6.29. The van der Waals surface area contributed by atoms with E-state index in [2.05, 4.69) is 24.5 Å². The number of hydrogen-bond acceptors (Lipinski definition) is 3. The van der Waals surface area contributed by atoms with E-state index >= 15 is 0 Å². The van der Waals surface area contributed by atoms with Crippen LogP contribution < -0.4 is 10.6 Å². The van der Waals surface area contributed by atoms with Crippen molar-refractivity contribution in [2.24, 2.45) is 5.92 Å². The Balaban J connectivity index is 2.90. The fourth-order valence-corrected chi connectivity index (χ4v) is 2.02. The fraction of sp³-hybridized carbons (Fsp3) is 0.562. The molecule has 4 nitrogen and oxygen atoms in total. The van der Waals surface area contributed by atoms with Gasteiger partial charge >= 0.3 is 0 Å². The second kappa shape index (κ2) is 7.90. The third-order valence-corrected chi connectivity index (χ3v) is 3.25. The number of methoxy groups -OCH3 is 1. The Hall–Kier alpha value is -1.55. The number of benzene rings is 1. The third-order valence-electron chi connectivity index (χ3n) is 3.25. The molecule has 0 radical (unpaired) electrons. The van der Waals surface area contributed by atoms with Gasteiger partial charge in [0, 0.05) is 19.3 Å². The maximum atomic E-state index is 12.4. The average Bonchev–Trinajstić information content (AvgIpc) is 2.38. The summed E-state index contributed by atoms with van der Waals surface area (Å²) in [4.78, 5) is 12.4. The normalized spacial score (nSPS) is 12.3. The molecule has 0 saturated heterocycles. The van der Waals surface area contributed by atoms with Gasteiger partial charge in [0.25, 0.3) is 5.91 Å². The molecule has 2 N–H and O–H groups in total. The fourth-order valence-electron chi connectivity index (χ4n) is 2.02. The molecule has 0 bridgehead atoms. The topological polar surface area (TPSA) is 50.4 Å². The number of nitrogens with one attached hydrogen (secondary N) is 2. The van der Waals surface area contributed by atoms with E-state index in [1.54, 1.807) is 7.11 Å². The first-order chi connectivity index (χ1) is 9.49. The van der Waals surface area contributed by atoms with Crippen molar-refractivity contribution >= 4 is 11.6 Å². The lowest BCUT2D eigenvalue weighted by atomic mass is 10.0. The molecule has 20 heavy (non-hydrogen) atoms. The van der Waals surface area contributed by atoms with Crippen LogP contribution in [-0.2, 0) is 4.74 Å². The summed E-state index contributed by atoms with van der Waals surface area (Å²) in [6, 6.07) is 5.84. The van der Waals surface area contributed by atoms with Crippen LogP contribution >= 0.6 is 0 Å². The van der Waals surface area contributed by atoms with E-state index in [0.717, 1.165) is 17.8 Å². The van der Waals surface area contributed by atoms with Crippen molar-refractivity contribution in [2.45, 2.75) is 33.7 Å².